The zero-order valence-electron chi connectivity index (χ0n) is 11.2. The summed E-state index contributed by atoms with van der Waals surface area (Å²) >= 11 is 0. The van der Waals surface area contributed by atoms with Gasteiger partial charge in [-0.05, 0) is 38.9 Å². The number of piperidine rings is 1. The Morgan fingerprint density at radius 1 is 1.47 bits per heavy atom. The molecule has 19 heavy (non-hydrogen) atoms. The molecule has 6 heteroatoms. The number of carbonyl (C=O) groups is 1. The van der Waals surface area contributed by atoms with E-state index in [9.17, 15) is 9.59 Å². The molecular formula is C13H20ClN3O2. The molecule has 106 valence electrons. The summed E-state index contributed by atoms with van der Waals surface area (Å²) < 4.78 is 0. The third kappa shape index (κ3) is 3.58. The van der Waals surface area contributed by atoms with Gasteiger partial charge in [0, 0.05) is 24.8 Å². The van der Waals surface area contributed by atoms with Crippen LogP contribution in [0.15, 0.2) is 16.9 Å². The number of likely N-dealkylation sites (N-methyl/N-ethyl adjacent to an activating group) is 1. The van der Waals surface area contributed by atoms with E-state index in [0.717, 1.165) is 25.1 Å². The Morgan fingerprint density at radius 2 is 2.21 bits per heavy atom. The molecule has 0 aliphatic carbocycles. The fourth-order valence-corrected chi connectivity index (χ4v) is 2.31. The molecule has 0 aromatic carbocycles. The van der Waals surface area contributed by atoms with E-state index in [-0.39, 0.29) is 29.4 Å². The topological polar surface area (TPSA) is 65.2 Å². The van der Waals surface area contributed by atoms with Crippen molar-refractivity contribution in [2.75, 3.05) is 20.1 Å². The van der Waals surface area contributed by atoms with Gasteiger partial charge in [0.1, 0.15) is 5.56 Å². The molecule has 2 rings (SSSR count). The monoisotopic (exact) mass is 285 g/mol. The predicted octanol–water partition coefficient (Wildman–Crippen LogP) is 0.929. The van der Waals surface area contributed by atoms with Crippen molar-refractivity contribution in [1.29, 1.82) is 0 Å². The molecule has 5 nitrogen and oxygen atoms in total. The first-order chi connectivity index (χ1) is 8.61. The van der Waals surface area contributed by atoms with Crippen LogP contribution in [0.1, 0.15) is 28.9 Å². The molecule has 1 aromatic heterocycles. The minimum absolute atomic E-state index is 0. The van der Waals surface area contributed by atoms with E-state index in [1.807, 2.05) is 7.05 Å². The second kappa shape index (κ2) is 6.73. The highest BCUT2D eigenvalue weighted by molar-refractivity contribution is 5.93. The first-order valence-corrected chi connectivity index (χ1v) is 6.28. The number of amides is 1. The molecule has 2 heterocycles. The molecule has 0 radical (unpaired) electrons. The van der Waals surface area contributed by atoms with Gasteiger partial charge in [0.15, 0.2) is 0 Å². The number of aromatic amines is 1. The van der Waals surface area contributed by atoms with Gasteiger partial charge >= 0.3 is 0 Å². The first kappa shape index (κ1) is 15.7. The number of rotatable bonds is 2. The lowest BCUT2D eigenvalue weighted by Crippen LogP contribution is -2.47. The number of halogens is 1. The Morgan fingerprint density at radius 3 is 2.84 bits per heavy atom. The van der Waals surface area contributed by atoms with Crippen molar-refractivity contribution in [2.24, 2.45) is 0 Å². The van der Waals surface area contributed by atoms with E-state index in [0.29, 0.717) is 12.6 Å². The van der Waals surface area contributed by atoms with E-state index >= 15 is 0 Å². The molecule has 1 aliphatic rings. The maximum absolute atomic E-state index is 12.3. The molecule has 1 atom stereocenters. The van der Waals surface area contributed by atoms with E-state index in [4.69, 9.17) is 0 Å². The van der Waals surface area contributed by atoms with Crippen LogP contribution in [-0.4, -0.2) is 42.0 Å². The summed E-state index contributed by atoms with van der Waals surface area (Å²) in [5.74, 6) is -0.170. The number of aromatic nitrogens is 1. The highest BCUT2D eigenvalue weighted by atomic mass is 35.5. The van der Waals surface area contributed by atoms with Crippen LogP contribution in [0.25, 0.3) is 0 Å². The standard InChI is InChI=1S/C13H19N3O2.ClH/c1-9-5-6-11(12(17)15-9)13(18)16-7-3-4-10(8-16)14-2;/h5-6,10,14H,3-4,7-8H2,1-2H3,(H,15,17);1H. The van der Waals surface area contributed by atoms with Crippen LogP contribution in [0, 0.1) is 6.92 Å². The van der Waals surface area contributed by atoms with Crippen molar-refractivity contribution in [2.45, 2.75) is 25.8 Å². The summed E-state index contributed by atoms with van der Waals surface area (Å²) in [7, 11) is 1.90. The second-order valence-corrected chi connectivity index (χ2v) is 4.76. The van der Waals surface area contributed by atoms with Gasteiger partial charge < -0.3 is 15.2 Å². The number of pyridine rings is 1. The van der Waals surface area contributed by atoms with Gasteiger partial charge in [-0.1, -0.05) is 0 Å². The molecule has 0 spiro atoms. The predicted molar refractivity (Wildman–Crippen MR) is 77.0 cm³/mol. The van der Waals surface area contributed by atoms with E-state index < -0.39 is 0 Å². The molecule has 1 saturated heterocycles. The van der Waals surface area contributed by atoms with Crippen LogP contribution in [-0.2, 0) is 0 Å². The number of carbonyl (C=O) groups excluding carboxylic acids is 1. The lowest BCUT2D eigenvalue weighted by molar-refractivity contribution is 0.0696. The van der Waals surface area contributed by atoms with Crippen LogP contribution in [0.2, 0.25) is 0 Å². The molecule has 1 amide bonds. The van der Waals surface area contributed by atoms with Crippen LogP contribution < -0.4 is 10.9 Å². The van der Waals surface area contributed by atoms with Gasteiger partial charge in [-0.3, -0.25) is 9.59 Å². The van der Waals surface area contributed by atoms with Gasteiger partial charge in [0.25, 0.3) is 11.5 Å². The zero-order chi connectivity index (χ0) is 13.1. The summed E-state index contributed by atoms with van der Waals surface area (Å²) in [5.41, 5.74) is 0.701. The molecule has 1 unspecified atom stereocenters. The van der Waals surface area contributed by atoms with Gasteiger partial charge in [-0.25, -0.2) is 0 Å². The van der Waals surface area contributed by atoms with Gasteiger partial charge in [-0.2, -0.15) is 0 Å². The molecule has 1 aromatic rings. The Balaban J connectivity index is 0.00000180. The van der Waals surface area contributed by atoms with Gasteiger partial charge in [-0.15, -0.1) is 12.4 Å². The summed E-state index contributed by atoms with van der Waals surface area (Å²) in [6.45, 7) is 3.20. The Bertz CT molecular complexity index is 501. The summed E-state index contributed by atoms with van der Waals surface area (Å²) in [6.07, 6.45) is 2.05. The minimum atomic E-state index is -0.299. The van der Waals surface area contributed by atoms with Crippen molar-refractivity contribution in [3.8, 4) is 0 Å². The molecule has 0 saturated carbocycles. The van der Waals surface area contributed by atoms with Gasteiger partial charge in [0.05, 0.1) is 0 Å². The lowest BCUT2D eigenvalue weighted by Gasteiger charge is -2.32. The Labute approximate surface area is 118 Å². The highest BCUT2D eigenvalue weighted by Crippen LogP contribution is 2.12. The summed E-state index contributed by atoms with van der Waals surface area (Å²) in [6, 6.07) is 3.69. The summed E-state index contributed by atoms with van der Waals surface area (Å²) in [4.78, 5) is 28.4. The van der Waals surface area contributed by atoms with Crippen LogP contribution in [0.5, 0.6) is 0 Å². The SMILES string of the molecule is CNC1CCCN(C(=O)c2ccc(C)[nH]c2=O)C1.Cl. The van der Waals surface area contributed by atoms with E-state index in [1.54, 1.807) is 24.0 Å². The largest absolute Gasteiger partial charge is 0.337 e. The number of hydrogen-bond donors (Lipinski definition) is 2. The van der Waals surface area contributed by atoms with Gasteiger partial charge in [0.2, 0.25) is 0 Å². The third-order valence-corrected chi connectivity index (χ3v) is 3.40. The average Bonchev–Trinajstić information content (AvgIpc) is 2.38. The summed E-state index contributed by atoms with van der Waals surface area (Å²) in [5, 5.41) is 3.18. The zero-order valence-corrected chi connectivity index (χ0v) is 12.0. The highest BCUT2D eigenvalue weighted by Gasteiger charge is 2.24. The number of H-pyrrole nitrogens is 1. The van der Waals surface area contributed by atoms with Crippen molar-refractivity contribution < 1.29 is 4.79 Å². The fourth-order valence-electron chi connectivity index (χ4n) is 2.31. The van der Waals surface area contributed by atoms with Crippen LogP contribution >= 0.6 is 12.4 Å². The average molecular weight is 286 g/mol. The first-order valence-electron chi connectivity index (χ1n) is 6.28. The van der Waals surface area contributed by atoms with Crippen molar-refractivity contribution >= 4 is 18.3 Å². The third-order valence-electron chi connectivity index (χ3n) is 3.40. The van der Waals surface area contributed by atoms with Crippen molar-refractivity contribution in [3.63, 3.8) is 0 Å². The lowest BCUT2D eigenvalue weighted by atomic mass is 10.0. The minimum Gasteiger partial charge on any atom is -0.337 e. The fraction of sp³-hybridized carbons (Fsp3) is 0.538. The maximum atomic E-state index is 12.3. The number of hydrogen-bond acceptors (Lipinski definition) is 3. The smallest absolute Gasteiger partial charge is 0.260 e. The maximum Gasteiger partial charge on any atom is 0.260 e. The quantitative estimate of drug-likeness (QED) is 0.850. The van der Waals surface area contributed by atoms with Crippen molar-refractivity contribution in [1.82, 2.24) is 15.2 Å². The second-order valence-electron chi connectivity index (χ2n) is 4.76. The molecule has 1 aliphatic heterocycles. The number of nitrogens with one attached hydrogen (secondary N) is 2. The molecule has 0 bridgehead atoms. The molecular weight excluding hydrogens is 266 g/mol. The normalized spacial score (nSPS) is 18.8. The van der Waals surface area contributed by atoms with E-state index in [1.165, 1.54) is 0 Å². The molecule has 1 fully saturated rings. The molecule has 2 N–H and O–H groups in total. The Kier molecular flexibility index (Phi) is 5.57. The number of nitrogens with zero attached hydrogens (tertiary/aromatic N) is 1. The Hall–Kier alpha value is -1.33. The number of likely N-dealkylation sites (tertiary alicyclic amines) is 1. The van der Waals surface area contributed by atoms with E-state index in [2.05, 4.69) is 10.3 Å². The number of aryl methyl sites for hydroxylation is 1. The van der Waals surface area contributed by atoms with Crippen molar-refractivity contribution in [3.05, 3.63) is 33.7 Å². The van der Waals surface area contributed by atoms with Crippen LogP contribution in [0.4, 0.5) is 0 Å². The van der Waals surface area contributed by atoms with Crippen LogP contribution in [0.3, 0.4) is 0 Å².